The van der Waals surface area contributed by atoms with Crippen LogP contribution in [0.4, 0.5) is 5.82 Å². The van der Waals surface area contributed by atoms with Crippen LogP contribution in [-0.4, -0.2) is 29.8 Å². The van der Waals surface area contributed by atoms with Gasteiger partial charge in [0.15, 0.2) is 0 Å². The second-order valence-corrected chi connectivity index (χ2v) is 4.94. The number of pyridine rings is 1. The number of nitrogens with one attached hydrogen (secondary N) is 1. The molecule has 0 aliphatic rings. The van der Waals surface area contributed by atoms with Gasteiger partial charge in [0.2, 0.25) is 0 Å². The summed E-state index contributed by atoms with van der Waals surface area (Å²) in [4.78, 5) is 4.33. The summed E-state index contributed by atoms with van der Waals surface area (Å²) in [6.07, 6.45) is 1.38. The van der Waals surface area contributed by atoms with E-state index in [1.54, 1.807) is 13.3 Å². The second-order valence-electron chi connectivity index (χ2n) is 4.94. The van der Waals surface area contributed by atoms with Crippen molar-refractivity contribution in [3.8, 4) is 5.75 Å². The summed E-state index contributed by atoms with van der Waals surface area (Å²) in [5, 5.41) is 15.1. The maximum atomic E-state index is 9.83. The Morgan fingerprint density at radius 3 is 2.79 bits per heavy atom. The molecule has 0 radical (unpaired) electrons. The number of ether oxygens (including phenoxy) is 1. The molecule has 2 aromatic rings. The molecule has 2 rings (SSSR count). The lowest BCUT2D eigenvalue weighted by atomic mass is 10.1. The largest absolute Gasteiger partial charge is 0.497 e. The van der Waals surface area contributed by atoms with Gasteiger partial charge in [0, 0.05) is 18.1 Å². The van der Waals surface area contributed by atoms with Crippen molar-refractivity contribution in [3.05, 3.63) is 30.5 Å². The van der Waals surface area contributed by atoms with Crippen molar-refractivity contribution in [2.45, 2.75) is 20.0 Å². The number of benzene rings is 1. The van der Waals surface area contributed by atoms with E-state index >= 15 is 0 Å². The third kappa shape index (κ3) is 3.15. The van der Waals surface area contributed by atoms with Crippen LogP contribution in [0.2, 0.25) is 0 Å². The number of nitrogens with zero attached hydrogens (tertiary/aromatic N) is 1. The van der Waals surface area contributed by atoms with E-state index in [1.807, 2.05) is 38.1 Å². The van der Waals surface area contributed by atoms with Gasteiger partial charge in [-0.25, -0.2) is 4.98 Å². The molecule has 0 fully saturated rings. The molecule has 4 nitrogen and oxygen atoms in total. The van der Waals surface area contributed by atoms with Gasteiger partial charge in [-0.2, -0.15) is 0 Å². The first-order valence-electron chi connectivity index (χ1n) is 6.46. The van der Waals surface area contributed by atoms with E-state index in [1.165, 1.54) is 0 Å². The minimum atomic E-state index is -0.379. The van der Waals surface area contributed by atoms with Gasteiger partial charge in [0.1, 0.15) is 11.6 Å². The standard InChI is InChI=1S/C15H20N2O2/c1-10(2)14(18)9-17-15-13-5-4-12(19-3)8-11(13)6-7-16-15/h4-8,10,14,18H,9H2,1-3H3,(H,16,17). The average Bonchev–Trinajstić information content (AvgIpc) is 2.43. The Kier molecular flexibility index (Phi) is 4.22. The highest BCUT2D eigenvalue weighted by Crippen LogP contribution is 2.25. The van der Waals surface area contributed by atoms with Crippen LogP contribution in [0.5, 0.6) is 5.75 Å². The number of anilines is 1. The summed E-state index contributed by atoms with van der Waals surface area (Å²) < 4.78 is 5.21. The van der Waals surface area contributed by atoms with Crippen molar-refractivity contribution >= 4 is 16.6 Å². The fraction of sp³-hybridized carbons (Fsp3) is 0.400. The number of aliphatic hydroxyl groups is 1. The summed E-state index contributed by atoms with van der Waals surface area (Å²) in [6.45, 7) is 4.48. The predicted octanol–water partition coefficient (Wildman–Crippen LogP) is 2.67. The van der Waals surface area contributed by atoms with Gasteiger partial charge >= 0.3 is 0 Å². The number of aliphatic hydroxyl groups excluding tert-OH is 1. The van der Waals surface area contributed by atoms with E-state index in [-0.39, 0.29) is 12.0 Å². The summed E-state index contributed by atoms with van der Waals surface area (Å²) in [5.41, 5.74) is 0. The minimum absolute atomic E-state index is 0.225. The topological polar surface area (TPSA) is 54.4 Å². The number of hydrogen-bond donors (Lipinski definition) is 2. The fourth-order valence-electron chi connectivity index (χ4n) is 1.86. The maximum Gasteiger partial charge on any atom is 0.133 e. The first kappa shape index (κ1) is 13.6. The Bertz CT molecular complexity index is 555. The molecule has 0 spiro atoms. The molecule has 0 amide bonds. The summed E-state index contributed by atoms with van der Waals surface area (Å²) in [6, 6.07) is 7.81. The lowest BCUT2D eigenvalue weighted by Crippen LogP contribution is -2.25. The third-order valence-corrected chi connectivity index (χ3v) is 3.22. The third-order valence-electron chi connectivity index (χ3n) is 3.22. The maximum absolute atomic E-state index is 9.83. The quantitative estimate of drug-likeness (QED) is 0.868. The Hall–Kier alpha value is -1.81. The first-order valence-corrected chi connectivity index (χ1v) is 6.46. The number of aromatic nitrogens is 1. The van der Waals surface area contributed by atoms with E-state index in [9.17, 15) is 5.11 Å². The molecular formula is C15H20N2O2. The van der Waals surface area contributed by atoms with Gasteiger partial charge in [-0.1, -0.05) is 13.8 Å². The van der Waals surface area contributed by atoms with Gasteiger partial charge < -0.3 is 15.2 Å². The van der Waals surface area contributed by atoms with Crippen molar-refractivity contribution in [2.24, 2.45) is 5.92 Å². The Morgan fingerprint density at radius 2 is 2.11 bits per heavy atom. The molecule has 0 aliphatic heterocycles. The van der Waals surface area contributed by atoms with Crippen LogP contribution >= 0.6 is 0 Å². The van der Waals surface area contributed by atoms with E-state index in [0.717, 1.165) is 22.3 Å². The van der Waals surface area contributed by atoms with Crippen LogP contribution in [0.15, 0.2) is 30.5 Å². The molecule has 102 valence electrons. The van der Waals surface area contributed by atoms with Gasteiger partial charge in [-0.05, 0) is 35.6 Å². The number of hydrogen-bond acceptors (Lipinski definition) is 4. The fourth-order valence-corrected chi connectivity index (χ4v) is 1.86. The summed E-state index contributed by atoms with van der Waals surface area (Å²) in [7, 11) is 1.65. The number of fused-ring (bicyclic) bond motifs is 1. The molecule has 4 heteroatoms. The van der Waals surface area contributed by atoms with Crippen molar-refractivity contribution in [1.29, 1.82) is 0 Å². The Morgan fingerprint density at radius 1 is 1.32 bits per heavy atom. The number of methoxy groups -OCH3 is 1. The monoisotopic (exact) mass is 260 g/mol. The highest BCUT2D eigenvalue weighted by atomic mass is 16.5. The zero-order valence-electron chi connectivity index (χ0n) is 11.6. The summed E-state index contributed by atoms with van der Waals surface area (Å²) in [5.74, 6) is 1.84. The van der Waals surface area contributed by atoms with Gasteiger partial charge in [0.05, 0.1) is 13.2 Å². The van der Waals surface area contributed by atoms with E-state index < -0.39 is 0 Å². The Balaban J connectivity index is 2.23. The zero-order valence-corrected chi connectivity index (χ0v) is 11.6. The average molecular weight is 260 g/mol. The molecule has 2 N–H and O–H groups in total. The minimum Gasteiger partial charge on any atom is -0.497 e. The highest BCUT2D eigenvalue weighted by molar-refractivity contribution is 5.92. The lowest BCUT2D eigenvalue weighted by Gasteiger charge is -2.16. The normalized spacial score (nSPS) is 12.7. The first-order chi connectivity index (χ1) is 9.11. The molecule has 19 heavy (non-hydrogen) atoms. The molecule has 0 saturated heterocycles. The van der Waals surface area contributed by atoms with Crippen molar-refractivity contribution in [2.75, 3.05) is 19.0 Å². The van der Waals surface area contributed by atoms with E-state index in [2.05, 4.69) is 10.3 Å². The number of rotatable bonds is 5. The van der Waals surface area contributed by atoms with Gasteiger partial charge in [-0.3, -0.25) is 0 Å². The molecule has 1 aromatic carbocycles. The van der Waals surface area contributed by atoms with Crippen LogP contribution in [0, 0.1) is 5.92 Å². The molecule has 0 saturated carbocycles. The van der Waals surface area contributed by atoms with Gasteiger partial charge in [-0.15, -0.1) is 0 Å². The second kappa shape index (κ2) is 5.89. The van der Waals surface area contributed by atoms with Crippen LogP contribution in [0.1, 0.15) is 13.8 Å². The van der Waals surface area contributed by atoms with E-state index in [0.29, 0.717) is 6.54 Å². The predicted molar refractivity (Wildman–Crippen MR) is 77.6 cm³/mol. The van der Waals surface area contributed by atoms with Gasteiger partial charge in [0.25, 0.3) is 0 Å². The Labute approximate surface area is 113 Å². The lowest BCUT2D eigenvalue weighted by molar-refractivity contribution is 0.138. The smallest absolute Gasteiger partial charge is 0.133 e. The zero-order chi connectivity index (χ0) is 13.8. The molecule has 1 unspecified atom stereocenters. The van der Waals surface area contributed by atoms with Crippen LogP contribution in [0.25, 0.3) is 10.8 Å². The molecule has 0 aliphatic carbocycles. The molecule has 1 aromatic heterocycles. The van der Waals surface area contributed by atoms with E-state index in [4.69, 9.17) is 4.74 Å². The van der Waals surface area contributed by atoms with Crippen LogP contribution in [0.3, 0.4) is 0 Å². The SMILES string of the molecule is COc1ccc2c(NCC(O)C(C)C)nccc2c1. The molecule has 0 bridgehead atoms. The molecule has 1 atom stereocenters. The van der Waals surface area contributed by atoms with Crippen molar-refractivity contribution < 1.29 is 9.84 Å². The summed E-state index contributed by atoms with van der Waals surface area (Å²) >= 11 is 0. The van der Waals surface area contributed by atoms with Crippen LogP contribution in [-0.2, 0) is 0 Å². The molecule has 1 heterocycles. The highest BCUT2D eigenvalue weighted by Gasteiger charge is 2.10. The van der Waals surface area contributed by atoms with Crippen molar-refractivity contribution in [1.82, 2.24) is 4.98 Å². The van der Waals surface area contributed by atoms with Crippen molar-refractivity contribution in [3.63, 3.8) is 0 Å². The molecular weight excluding hydrogens is 240 g/mol. The van der Waals surface area contributed by atoms with Crippen LogP contribution < -0.4 is 10.1 Å².